The Hall–Kier alpha value is -1.36. The van der Waals surface area contributed by atoms with Crippen molar-refractivity contribution in [2.24, 2.45) is 5.92 Å². The molecular weight excluding hydrogens is 250 g/mol. The van der Waals surface area contributed by atoms with Crippen LogP contribution in [0.4, 0.5) is 0 Å². The quantitative estimate of drug-likeness (QED) is 0.778. The van der Waals surface area contributed by atoms with E-state index in [-0.39, 0.29) is 5.41 Å². The molecule has 0 aliphatic rings. The third-order valence-corrected chi connectivity index (χ3v) is 4.15. The summed E-state index contributed by atoms with van der Waals surface area (Å²) in [5.41, 5.74) is -0.180. The summed E-state index contributed by atoms with van der Waals surface area (Å²) >= 11 is 1.63. The lowest BCUT2D eigenvalue weighted by Gasteiger charge is -2.24. The van der Waals surface area contributed by atoms with Crippen molar-refractivity contribution in [1.29, 1.82) is 0 Å². The molecule has 1 rings (SSSR count). The SMILES string of the molecule is CCC(C(=O)O)C(=O)NCC(C)(C)c1cccs1. The Morgan fingerprint density at radius 2 is 2.17 bits per heavy atom. The maximum absolute atomic E-state index is 11.7. The van der Waals surface area contributed by atoms with Gasteiger partial charge in [0.25, 0.3) is 0 Å². The van der Waals surface area contributed by atoms with Gasteiger partial charge in [0.05, 0.1) is 0 Å². The standard InChI is InChI=1S/C13H19NO3S/c1-4-9(12(16)17)11(15)14-8-13(2,3)10-6-5-7-18-10/h5-7,9H,4,8H2,1-3H3,(H,14,15)(H,16,17). The number of rotatable bonds is 6. The molecule has 1 heterocycles. The van der Waals surface area contributed by atoms with Gasteiger partial charge in [-0.3, -0.25) is 9.59 Å². The number of nitrogens with one attached hydrogen (secondary N) is 1. The van der Waals surface area contributed by atoms with Gasteiger partial charge in [-0.15, -0.1) is 11.3 Å². The zero-order chi connectivity index (χ0) is 13.8. The molecule has 4 nitrogen and oxygen atoms in total. The van der Waals surface area contributed by atoms with Crippen LogP contribution in [0.15, 0.2) is 17.5 Å². The highest BCUT2D eigenvalue weighted by Gasteiger charge is 2.27. The van der Waals surface area contributed by atoms with Gasteiger partial charge in [-0.05, 0) is 17.9 Å². The fourth-order valence-corrected chi connectivity index (χ4v) is 2.51. The van der Waals surface area contributed by atoms with Crippen molar-refractivity contribution >= 4 is 23.2 Å². The summed E-state index contributed by atoms with van der Waals surface area (Å²) in [4.78, 5) is 23.8. The van der Waals surface area contributed by atoms with E-state index in [1.807, 2.05) is 31.4 Å². The minimum Gasteiger partial charge on any atom is -0.481 e. The molecule has 0 spiro atoms. The second-order valence-corrected chi connectivity index (χ2v) is 5.83. The summed E-state index contributed by atoms with van der Waals surface area (Å²) in [5.74, 6) is -2.43. The van der Waals surface area contributed by atoms with Crippen LogP contribution >= 0.6 is 11.3 Å². The third-order valence-electron chi connectivity index (χ3n) is 2.92. The highest BCUT2D eigenvalue weighted by Crippen LogP contribution is 2.26. The first-order valence-corrected chi connectivity index (χ1v) is 6.81. The van der Waals surface area contributed by atoms with Crippen molar-refractivity contribution in [2.75, 3.05) is 6.54 Å². The van der Waals surface area contributed by atoms with Crippen molar-refractivity contribution in [3.63, 3.8) is 0 Å². The molecule has 0 aliphatic heterocycles. The fourth-order valence-electron chi connectivity index (χ4n) is 1.65. The van der Waals surface area contributed by atoms with Gasteiger partial charge in [-0.2, -0.15) is 0 Å². The van der Waals surface area contributed by atoms with Crippen LogP contribution in [0.25, 0.3) is 0 Å². The van der Waals surface area contributed by atoms with Crippen molar-refractivity contribution in [3.05, 3.63) is 22.4 Å². The third kappa shape index (κ3) is 3.57. The second-order valence-electron chi connectivity index (χ2n) is 4.88. The van der Waals surface area contributed by atoms with Crippen LogP contribution < -0.4 is 5.32 Å². The lowest BCUT2D eigenvalue weighted by atomic mass is 9.91. The summed E-state index contributed by atoms with van der Waals surface area (Å²) in [6, 6.07) is 3.99. The summed E-state index contributed by atoms with van der Waals surface area (Å²) in [6.45, 7) is 6.20. The molecule has 1 amide bonds. The maximum atomic E-state index is 11.7. The van der Waals surface area contributed by atoms with E-state index in [0.717, 1.165) is 0 Å². The molecule has 100 valence electrons. The van der Waals surface area contributed by atoms with Crippen LogP contribution in [0, 0.1) is 5.92 Å². The number of carbonyl (C=O) groups is 2. The summed E-state index contributed by atoms with van der Waals surface area (Å²) < 4.78 is 0. The normalized spacial score (nSPS) is 13.1. The molecule has 1 unspecified atom stereocenters. The number of carboxylic acids is 1. The highest BCUT2D eigenvalue weighted by atomic mass is 32.1. The number of carbonyl (C=O) groups excluding carboxylic acids is 1. The van der Waals surface area contributed by atoms with Crippen molar-refractivity contribution in [2.45, 2.75) is 32.6 Å². The molecule has 0 fully saturated rings. The van der Waals surface area contributed by atoms with Crippen molar-refractivity contribution in [3.8, 4) is 0 Å². The molecule has 0 saturated carbocycles. The first-order chi connectivity index (χ1) is 8.38. The van der Waals surface area contributed by atoms with Crippen molar-refractivity contribution in [1.82, 2.24) is 5.32 Å². The number of thiophene rings is 1. The summed E-state index contributed by atoms with van der Waals surface area (Å²) in [7, 11) is 0. The van der Waals surface area contributed by atoms with Crippen LogP contribution in [-0.4, -0.2) is 23.5 Å². The second kappa shape index (κ2) is 6.00. The topological polar surface area (TPSA) is 66.4 Å². The van der Waals surface area contributed by atoms with Gasteiger partial charge < -0.3 is 10.4 Å². The molecule has 0 aromatic carbocycles. The van der Waals surface area contributed by atoms with Crippen LogP contribution in [-0.2, 0) is 15.0 Å². The number of carboxylic acid groups (broad SMARTS) is 1. The molecule has 0 radical (unpaired) electrons. The van der Waals surface area contributed by atoms with E-state index in [2.05, 4.69) is 5.32 Å². The van der Waals surface area contributed by atoms with Crippen molar-refractivity contribution < 1.29 is 14.7 Å². The van der Waals surface area contributed by atoms with E-state index in [0.29, 0.717) is 13.0 Å². The van der Waals surface area contributed by atoms with Gasteiger partial charge in [-0.25, -0.2) is 0 Å². The lowest BCUT2D eigenvalue weighted by Crippen LogP contribution is -2.41. The van der Waals surface area contributed by atoms with Crippen LogP contribution in [0.5, 0.6) is 0 Å². The monoisotopic (exact) mass is 269 g/mol. The zero-order valence-electron chi connectivity index (χ0n) is 10.9. The van der Waals surface area contributed by atoms with E-state index < -0.39 is 17.8 Å². The van der Waals surface area contributed by atoms with Gasteiger partial charge in [0, 0.05) is 16.8 Å². The van der Waals surface area contributed by atoms with Gasteiger partial charge in [0.2, 0.25) is 5.91 Å². The fraction of sp³-hybridized carbons (Fsp3) is 0.538. The average molecular weight is 269 g/mol. The number of aliphatic carboxylic acids is 1. The lowest BCUT2D eigenvalue weighted by molar-refractivity contribution is -0.147. The van der Waals surface area contributed by atoms with Gasteiger partial charge in [0.15, 0.2) is 0 Å². The molecule has 0 bridgehead atoms. The molecular formula is C13H19NO3S. The molecule has 1 atom stereocenters. The molecule has 0 saturated heterocycles. The van der Waals surface area contributed by atoms with E-state index in [9.17, 15) is 9.59 Å². The first-order valence-electron chi connectivity index (χ1n) is 5.93. The Bertz CT molecular complexity index is 412. The smallest absolute Gasteiger partial charge is 0.316 e. The van der Waals surface area contributed by atoms with Crippen LogP contribution in [0.2, 0.25) is 0 Å². The summed E-state index contributed by atoms with van der Waals surface area (Å²) in [5, 5.41) is 13.6. The number of hydrogen-bond acceptors (Lipinski definition) is 3. The van der Waals surface area contributed by atoms with E-state index in [1.165, 1.54) is 4.88 Å². The van der Waals surface area contributed by atoms with E-state index in [4.69, 9.17) is 5.11 Å². The van der Waals surface area contributed by atoms with Gasteiger partial charge in [-0.1, -0.05) is 26.8 Å². The minimum absolute atomic E-state index is 0.180. The predicted molar refractivity (Wildman–Crippen MR) is 71.8 cm³/mol. The molecule has 0 aliphatic carbocycles. The molecule has 5 heteroatoms. The average Bonchev–Trinajstić information content (AvgIpc) is 2.81. The largest absolute Gasteiger partial charge is 0.481 e. The minimum atomic E-state index is -1.07. The van der Waals surface area contributed by atoms with Gasteiger partial charge >= 0.3 is 5.97 Å². The Morgan fingerprint density at radius 3 is 2.61 bits per heavy atom. The van der Waals surface area contributed by atoms with E-state index >= 15 is 0 Å². The van der Waals surface area contributed by atoms with Crippen LogP contribution in [0.1, 0.15) is 32.1 Å². The number of amides is 1. The molecule has 1 aromatic rings. The first kappa shape index (κ1) is 14.7. The Kier molecular flexibility index (Phi) is 4.90. The maximum Gasteiger partial charge on any atom is 0.316 e. The van der Waals surface area contributed by atoms with Crippen LogP contribution in [0.3, 0.4) is 0 Å². The Morgan fingerprint density at radius 1 is 1.50 bits per heavy atom. The number of hydrogen-bond donors (Lipinski definition) is 2. The molecule has 2 N–H and O–H groups in total. The Balaban J connectivity index is 2.60. The molecule has 1 aromatic heterocycles. The highest BCUT2D eigenvalue weighted by molar-refractivity contribution is 7.10. The predicted octanol–water partition coefficient (Wildman–Crippen LogP) is 2.25. The Labute approximate surface area is 111 Å². The van der Waals surface area contributed by atoms with E-state index in [1.54, 1.807) is 18.3 Å². The molecule has 18 heavy (non-hydrogen) atoms. The summed E-state index contributed by atoms with van der Waals surface area (Å²) in [6.07, 6.45) is 0.306. The zero-order valence-corrected chi connectivity index (χ0v) is 11.7. The van der Waals surface area contributed by atoms with Gasteiger partial charge in [0.1, 0.15) is 5.92 Å².